The standard InChI is InChI=1S/C13H21N3S/c1-9-4-5-12(8-14)13(15-9)16-6-7-17-11(3)10(16)2/h4-5,10-11H,6-8,14H2,1-3H3. The van der Waals surface area contributed by atoms with Gasteiger partial charge in [0.25, 0.3) is 0 Å². The molecule has 17 heavy (non-hydrogen) atoms. The van der Waals surface area contributed by atoms with E-state index in [-0.39, 0.29) is 0 Å². The lowest BCUT2D eigenvalue weighted by atomic mass is 10.1. The van der Waals surface area contributed by atoms with Gasteiger partial charge in [-0.15, -0.1) is 0 Å². The molecule has 1 aliphatic rings. The molecule has 0 amide bonds. The Morgan fingerprint density at radius 1 is 1.47 bits per heavy atom. The lowest BCUT2D eigenvalue weighted by molar-refractivity contribution is 0.616. The number of nitrogens with two attached hydrogens (primary N) is 1. The Labute approximate surface area is 108 Å². The van der Waals surface area contributed by atoms with Crippen molar-refractivity contribution < 1.29 is 0 Å². The first kappa shape index (κ1) is 12.7. The molecule has 4 heteroatoms. The molecule has 1 aromatic heterocycles. The van der Waals surface area contributed by atoms with Crippen LogP contribution in [-0.4, -0.2) is 28.6 Å². The van der Waals surface area contributed by atoms with Crippen molar-refractivity contribution in [2.45, 2.75) is 38.6 Å². The van der Waals surface area contributed by atoms with Crippen LogP contribution in [0.5, 0.6) is 0 Å². The van der Waals surface area contributed by atoms with Gasteiger partial charge in [0.05, 0.1) is 0 Å². The van der Waals surface area contributed by atoms with Gasteiger partial charge >= 0.3 is 0 Å². The lowest BCUT2D eigenvalue weighted by Crippen LogP contribution is -2.45. The number of nitrogens with zero attached hydrogens (tertiary/aromatic N) is 2. The molecule has 2 N–H and O–H groups in total. The van der Waals surface area contributed by atoms with E-state index in [1.807, 2.05) is 24.8 Å². The van der Waals surface area contributed by atoms with Gasteiger partial charge in [-0.3, -0.25) is 0 Å². The first-order valence-corrected chi connectivity index (χ1v) is 7.23. The van der Waals surface area contributed by atoms with E-state index in [0.717, 1.165) is 23.6 Å². The molecule has 2 heterocycles. The number of hydrogen-bond donors (Lipinski definition) is 1. The van der Waals surface area contributed by atoms with E-state index in [0.29, 0.717) is 17.8 Å². The number of aryl methyl sites for hydroxylation is 1. The van der Waals surface area contributed by atoms with Crippen LogP contribution in [0.2, 0.25) is 0 Å². The maximum absolute atomic E-state index is 5.82. The van der Waals surface area contributed by atoms with Crippen LogP contribution in [0.25, 0.3) is 0 Å². The van der Waals surface area contributed by atoms with Gasteiger partial charge in [0.2, 0.25) is 0 Å². The summed E-state index contributed by atoms with van der Waals surface area (Å²) in [6.07, 6.45) is 0. The smallest absolute Gasteiger partial charge is 0.133 e. The van der Waals surface area contributed by atoms with Crippen molar-refractivity contribution in [1.82, 2.24) is 4.98 Å². The zero-order valence-electron chi connectivity index (χ0n) is 10.8. The minimum Gasteiger partial charge on any atom is -0.352 e. The van der Waals surface area contributed by atoms with E-state index in [9.17, 15) is 0 Å². The summed E-state index contributed by atoms with van der Waals surface area (Å²) in [5.74, 6) is 2.26. The van der Waals surface area contributed by atoms with E-state index in [1.54, 1.807) is 0 Å². The molecule has 2 rings (SSSR count). The Bertz CT molecular complexity index is 394. The predicted molar refractivity (Wildman–Crippen MR) is 75.6 cm³/mol. The molecule has 94 valence electrons. The molecule has 0 radical (unpaired) electrons. The van der Waals surface area contributed by atoms with E-state index < -0.39 is 0 Å². The topological polar surface area (TPSA) is 42.1 Å². The highest BCUT2D eigenvalue weighted by atomic mass is 32.2. The Morgan fingerprint density at radius 3 is 2.94 bits per heavy atom. The fourth-order valence-corrected chi connectivity index (χ4v) is 3.31. The van der Waals surface area contributed by atoms with Crippen LogP contribution in [0.4, 0.5) is 5.82 Å². The van der Waals surface area contributed by atoms with Crippen molar-refractivity contribution in [1.29, 1.82) is 0 Å². The Morgan fingerprint density at radius 2 is 2.24 bits per heavy atom. The molecule has 0 saturated carbocycles. The highest BCUT2D eigenvalue weighted by Crippen LogP contribution is 2.29. The molecule has 2 atom stereocenters. The number of thioether (sulfide) groups is 1. The fraction of sp³-hybridized carbons (Fsp3) is 0.615. The number of rotatable bonds is 2. The second-order valence-corrected chi connectivity index (χ2v) is 6.13. The zero-order chi connectivity index (χ0) is 12.4. The minimum absolute atomic E-state index is 0.522. The van der Waals surface area contributed by atoms with Crippen molar-refractivity contribution in [3.05, 3.63) is 23.4 Å². The van der Waals surface area contributed by atoms with Crippen LogP contribution in [0.15, 0.2) is 12.1 Å². The third kappa shape index (κ3) is 2.58. The molecule has 3 nitrogen and oxygen atoms in total. The first-order chi connectivity index (χ1) is 8.13. The van der Waals surface area contributed by atoms with E-state index in [4.69, 9.17) is 5.73 Å². The molecule has 1 aromatic rings. The van der Waals surface area contributed by atoms with Crippen LogP contribution < -0.4 is 10.6 Å². The van der Waals surface area contributed by atoms with Gasteiger partial charge in [0.1, 0.15) is 5.82 Å². The van der Waals surface area contributed by atoms with Crippen molar-refractivity contribution in [3.63, 3.8) is 0 Å². The monoisotopic (exact) mass is 251 g/mol. The highest BCUT2D eigenvalue weighted by molar-refractivity contribution is 8.00. The van der Waals surface area contributed by atoms with Gasteiger partial charge in [-0.25, -0.2) is 4.98 Å². The van der Waals surface area contributed by atoms with Gasteiger partial charge in [-0.1, -0.05) is 13.0 Å². The maximum atomic E-state index is 5.82. The summed E-state index contributed by atoms with van der Waals surface area (Å²) in [7, 11) is 0. The van der Waals surface area contributed by atoms with Crippen LogP contribution in [-0.2, 0) is 6.54 Å². The number of aromatic nitrogens is 1. The fourth-order valence-electron chi connectivity index (χ4n) is 2.21. The maximum Gasteiger partial charge on any atom is 0.133 e. The molecule has 1 fully saturated rings. The molecule has 0 bridgehead atoms. The second kappa shape index (κ2) is 5.27. The summed E-state index contributed by atoms with van der Waals surface area (Å²) in [6, 6.07) is 4.67. The average molecular weight is 251 g/mol. The first-order valence-electron chi connectivity index (χ1n) is 6.18. The molecule has 2 unspecified atom stereocenters. The summed E-state index contributed by atoms with van der Waals surface area (Å²) < 4.78 is 0. The molecule has 1 aliphatic heterocycles. The Hall–Kier alpha value is -0.740. The second-order valence-electron chi connectivity index (χ2n) is 4.65. The van der Waals surface area contributed by atoms with Crippen molar-refractivity contribution in [3.8, 4) is 0 Å². The molecule has 0 aliphatic carbocycles. The quantitative estimate of drug-likeness (QED) is 0.875. The highest BCUT2D eigenvalue weighted by Gasteiger charge is 2.27. The number of hydrogen-bond acceptors (Lipinski definition) is 4. The summed E-state index contributed by atoms with van der Waals surface area (Å²) in [5.41, 5.74) is 8.03. The Kier molecular flexibility index (Phi) is 3.94. The molecule has 0 aromatic carbocycles. The summed E-state index contributed by atoms with van der Waals surface area (Å²) in [4.78, 5) is 7.10. The van der Waals surface area contributed by atoms with Gasteiger partial charge < -0.3 is 10.6 Å². The van der Waals surface area contributed by atoms with Crippen molar-refractivity contribution in [2.24, 2.45) is 5.73 Å². The number of anilines is 1. The molecular weight excluding hydrogens is 230 g/mol. The largest absolute Gasteiger partial charge is 0.352 e. The minimum atomic E-state index is 0.522. The zero-order valence-corrected chi connectivity index (χ0v) is 11.6. The summed E-state index contributed by atoms with van der Waals surface area (Å²) in [6.45, 7) is 8.24. The SMILES string of the molecule is Cc1ccc(CN)c(N2CCSC(C)C2C)n1. The van der Waals surface area contributed by atoms with Gasteiger partial charge in [-0.05, 0) is 19.9 Å². The summed E-state index contributed by atoms with van der Waals surface area (Å²) >= 11 is 2.04. The third-order valence-electron chi connectivity index (χ3n) is 3.47. The van der Waals surface area contributed by atoms with E-state index >= 15 is 0 Å². The average Bonchev–Trinajstić information content (AvgIpc) is 2.33. The van der Waals surface area contributed by atoms with E-state index in [2.05, 4.69) is 29.8 Å². The van der Waals surface area contributed by atoms with Crippen LogP contribution in [0.3, 0.4) is 0 Å². The van der Waals surface area contributed by atoms with Crippen LogP contribution >= 0.6 is 11.8 Å². The molecular formula is C13H21N3S. The van der Waals surface area contributed by atoms with Crippen molar-refractivity contribution >= 4 is 17.6 Å². The van der Waals surface area contributed by atoms with Crippen LogP contribution in [0, 0.1) is 6.92 Å². The summed E-state index contributed by atoms with van der Waals surface area (Å²) in [5, 5.41) is 0.650. The Balaban J connectivity index is 2.34. The van der Waals surface area contributed by atoms with Gasteiger partial charge in [0, 0.05) is 41.4 Å². The molecule has 1 saturated heterocycles. The van der Waals surface area contributed by atoms with Crippen LogP contribution in [0.1, 0.15) is 25.1 Å². The van der Waals surface area contributed by atoms with Gasteiger partial charge in [0.15, 0.2) is 0 Å². The third-order valence-corrected chi connectivity index (χ3v) is 4.81. The van der Waals surface area contributed by atoms with Crippen molar-refractivity contribution in [2.75, 3.05) is 17.2 Å². The normalized spacial score (nSPS) is 25.1. The predicted octanol–water partition coefficient (Wildman–Crippen LogP) is 2.18. The van der Waals surface area contributed by atoms with Gasteiger partial charge in [-0.2, -0.15) is 11.8 Å². The van der Waals surface area contributed by atoms with E-state index in [1.165, 1.54) is 5.75 Å². The lowest BCUT2D eigenvalue weighted by Gasteiger charge is -2.39. The molecule has 0 spiro atoms. The number of pyridine rings is 1.